The van der Waals surface area contributed by atoms with Crippen molar-refractivity contribution in [3.63, 3.8) is 0 Å². The van der Waals surface area contributed by atoms with E-state index in [1.54, 1.807) is 12.1 Å². The molecule has 1 aliphatic heterocycles. The molecule has 2 aromatic rings. The van der Waals surface area contributed by atoms with E-state index >= 15 is 0 Å². The fourth-order valence-corrected chi connectivity index (χ4v) is 4.43. The van der Waals surface area contributed by atoms with Crippen LogP contribution in [0.25, 0.3) is 6.08 Å². The summed E-state index contributed by atoms with van der Waals surface area (Å²) < 4.78 is 75.6. The van der Waals surface area contributed by atoms with E-state index in [4.69, 9.17) is 11.2 Å². The van der Waals surface area contributed by atoms with Crippen LogP contribution in [0.5, 0.6) is 5.75 Å². The molecule has 11 heteroatoms. The van der Waals surface area contributed by atoms with Gasteiger partial charge in [-0.05, 0) is 47.7 Å². The molecular weight excluding hydrogens is 602 g/mol. The first-order valence-corrected chi connectivity index (χ1v) is 10.1. The summed E-state index contributed by atoms with van der Waals surface area (Å²) >= 11 is 5.30. The molecule has 1 aliphatic rings. The Labute approximate surface area is 195 Å². The van der Waals surface area contributed by atoms with Gasteiger partial charge in [0.25, 0.3) is 5.91 Å². The number of benzene rings is 2. The van der Waals surface area contributed by atoms with Crippen molar-refractivity contribution in [2.45, 2.75) is 6.92 Å². The maximum atomic E-state index is 14.2. The summed E-state index contributed by atoms with van der Waals surface area (Å²) in [6.45, 7) is 1.28. The Hall–Kier alpha value is -2.46. The van der Waals surface area contributed by atoms with Crippen molar-refractivity contribution in [1.29, 1.82) is 0 Å². The lowest BCUT2D eigenvalue weighted by molar-refractivity contribution is -0.114. The molecule has 0 spiro atoms. The Bertz CT molecular complexity index is 1190. The van der Waals surface area contributed by atoms with Crippen molar-refractivity contribution in [1.82, 2.24) is 0 Å². The second kappa shape index (κ2) is 8.96. The van der Waals surface area contributed by atoms with Gasteiger partial charge in [-0.15, -0.1) is 6.42 Å². The maximum Gasteiger partial charge on any atom is 0.280 e. The molecule has 3 rings (SSSR count). The first-order valence-electron chi connectivity index (χ1n) is 8.26. The molecule has 0 N–H and O–H groups in total. The molecule has 0 aromatic heterocycles. The zero-order chi connectivity index (χ0) is 23.0. The van der Waals surface area contributed by atoms with Crippen LogP contribution in [0.2, 0.25) is 0 Å². The zero-order valence-corrected chi connectivity index (χ0v) is 19.1. The Morgan fingerprint density at radius 1 is 1.16 bits per heavy atom. The average molecular weight is 611 g/mol. The van der Waals surface area contributed by atoms with Crippen molar-refractivity contribution in [2.24, 2.45) is 5.10 Å². The Balaban J connectivity index is 2.12. The highest BCUT2D eigenvalue weighted by Crippen LogP contribution is 2.36. The molecule has 0 saturated carbocycles. The van der Waals surface area contributed by atoms with Gasteiger partial charge >= 0.3 is 0 Å². The zero-order valence-electron chi connectivity index (χ0n) is 15.4. The lowest BCUT2D eigenvalue weighted by Crippen LogP contribution is -2.25. The number of hydrogen-bond donors (Lipinski definition) is 0. The number of hydrogen-bond acceptors (Lipinski definition) is 3. The molecular formula is C20H9BrF5IN2O2. The van der Waals surface area contributed by atoms with Crippen LogP contribution >= 0.6 is 38.5 Å². The van der Waals surface area contributed by atoms with Crippen LogP contribution in [0.4, 0.5) is 27.6 Å². The summed E-state index contributed by atoms with van der Waals surface area (Å²) in [5, 5.41) is 3.84. The van der Waals surface area contributed by atoms with E-state index < -0.39 is 40.7 Å². The molecule has 4 nitrogen and oxygen atoms in total. The first-order chi connectivity index (χ1) is 14.6. The van der Waals surface area contributed by atoms with Gasteiger partial charge in [-0.2, -0.15) is 10.1 Å². The molecule has 0 aliphatic carbocycles. The number of hydrazone groups is 1. The molecule has 0 radical (unpaired) electrons. The van der Waals surface area contributed by atoms with Crippen molar-refractivity contribution < 1.29 is 31.5 Å². The fourth-order valence-electron chi connectivity index (χ4n) is 2.72. The first kappa shape index (κ1) is 23.2. The number of halogens is 7. The number of ether oxygens (including phenoxy) is 1. The minimum Gasteiger partial charge on any atom is -0.479 e. The molecule has 0 fully saturated rings. The van der Waals surface area contributed by atoms with Crippen LogP contribution in [0.1, 0.15) is 12.5 Å². The van der Waals surface area contributed by atoms with Crippen LogP contribution in [0.15, 0.2) is 27.3 Å². The van der Waals surface area contributed by atoms with E-state index in [2.05, 4.69) is 27.0 Å². The van der Waals surface area contributed by atoms with Crippen LogP contribution in [-0.2, 0) is 4.79 Å². The number of anilines is 1. The van der Waals surface area contributed by atoms with E-state index in [-0.39, 0.29) is 22.9 Å². The molecule has 0 atom stereocenters. The molecule has 2 aromatic carbocycles. The third-order valence-electron chi connectivity index (χ3n) is 4.10. The Kier molecular flexibility index (Phi) is 6.70. The molecule has 160 valence electrons. The number of rotatable bonds is 4. The number of carbonyl (C=O) groups is 1. The van der Waals surface area contributed by atoms with Crippen molar-refractivity contribution >= 4 is 61.9 Å². The maximum absolute atomic E-state index is 14.2. The van der Waals surface area contributed by atoms with Crippen molar-refractivity contribution in [2.75, 3.05) is 11.6 Å². The summed E-state index contributed by atoms with van der Waals surface area (Å²) in [6.07, 6.45) is 6.54. The number of terminal acetylenes is 1. The van der Waals surface area contributed by atoms with E-state index in [0.717, 1.165) is 0 Å². The highest BCUT2D eigenvalue weighted by atomic mass is 127. The minimum atomic E-state index is -2.33. The molecule has 1 amide bonds. The van der Waals surface area contributed by atoms with Gasteiger partial charge in [0.2, 0.25) is 5.82 Å². The fraction of sp³-hybridized carbons (Fsp3) is 0.100. The van der Waals surface area contributed by atoms with Gasteiger partial charge in [0.15, 0.2) is 23.3 Å². The standard InChI is InChI=1S/C20H9BrF5IN2O2/c1-3-4-31-19-9(5-10(21)7-12(19)27)6-11-8(2)28-29(20(11)30)18-16(25)14(23)13(22)15(24)17(18)26/h1,5-7H,4H2,2H3/b11-6-. The summed E-state index contributed by atoms with van der Waals surface area (Å²) in [6, 6.07) is 3.33. The summed E-state index contributed by atoms with van der Waals surface area (Å²) in [5.74, 6) is -9.47. The molecule has 0 unspecified atom stereocenters. The predicted octanol–water partition coefficient (Wildman–Crippen LogP) is 5.57. The summed E-state index contributed by atoms with van der Waals surface area (Å²) in [4.78, 5) is 12.8. The molecule has 0 saturated heterocycles. The molecule has 0 bridgehead atoms. The summed E-state index contributed by atoms with van der Waals surface area (Å²) in [7, 11) is 0. The number of nitrogens with zero attached hydrogens (tertiary/aromatic N) is 2. The van der Waals surface area contributed by atoms with Crippen LogP contribution in [-0.4, -0.2) is 18.2 Å². The van der Waals surface area contributed by atoms with E-state index in [9.17, 15) is 26.7 Å². The van der Waals surface area contributed by atoms with Crippen molar-refractivity contribution in [3.05, 3.63) is 60.4 Å². The Morgan fingerprint density at radius 3 is 2.32 bits per heavy atom. The third-order valence-corrected chi connectivity index (χ3v) is 5.36. The van der Waals surface area contributed by atoms with Gasteiger partial charge in [-0.1, -0.05) is 21.9 Å². The lowest BCUT2D eigenvalue weighted by Gasteiger charge is -2.15. The SMILES string of the molecule is C#CCOc1c(I)cc(Br)cc1/C=C1\C(=O)N(c2c(F)c(F)c(F)c(F)c2F)N=C1C. The van der Waals surface area contributed by atoms with Gasteiger partial charge in [-0.3, -0.25) is 4.79 Å². The van der Waals surface area contributed by atoms with Gasteiger partial charge < -0.3 is 4.74 Å². The highest BCUT2D eigenvalue weighted by Gasteiger charge is 2.37. The minimum absolute atomic E-state index is 0.00757. The van der Waals surface area contributed by atoms with Gasteiger partial charge in [0, 0.05) is 10.0 Å². The van der Waals surface area contributed by atoms with Gasteiger partial charge in [0.1, 0.15) is 18.0 Å². The molecule has 31 heavy (non-hydrogen) atoms. The monoisotopic (exact) mass is 610 g/mol. The van der Waals surface area contributed by atoms with E-state index in [1.807, 2.05) is 22.6 Å². The molecule has 1 heterocycles. The van der Waals surface area contributed by atoms with Crippen molar-refractivity contribution in [3.8, 4) is 18.1 Å². The van der Waals surface area contributed by atoms with Crippen LogP contribution < -0.4 is 9.75 Å². The number of carbonyl (C=O) groups excluding carboxylic acids is 1. The largest absolute Gasteiger partial charge is 0.479 e. The third kappa shape index (κ3) is 4.18. The second-order valence-corrected chi connectivity index (χ2v) is 8.16. The van der Waals surface area contributed by atoms with Crippen LogP contribution in [0.3, 0.4) is 0 Å². The predicted molar refractivity (Wildman–Crippen MR) is 116 cm³/mol. The summed E-state index contributed by atoms with van der Waals surface area (Å²) in [5.41, 5.74) is -1.22. The lowest BCUT2D eigenvalue weighted by atomic mass is 10.1. The second-order valence-electron chi connectivity index (χ2n) is 6.08. The Morgan fingerprint density at radius 2 is 1.74 bits per heavy atom. The highest BCUT2D eigenvalue weighted by molar-refractivity contribution is 14.1. The normalized spacial score (nSPS) is 14.8. The van der Waals surface area contributed by atoms with Gasteiger partial charge in [0.05, 0.1) is 14.9 Å². The van der Waals surface area contributed by atoms with Crippen LogP contribution in [0, 0.1) is 45.0 Å². The van der Waals surface area contributed by atoms with E-state index in [1.165, 1.54) is 13.0 Å². The quantitative estimate of drug-likeness (QED) is 0.114. The van der Waals surface area contributed by atoms with Gasteiger partial charge in [-0.25, -0.2) is 22.0 Å². The van der Waals surface area contributed by atoms with E-state index in [0.29, 0.717) is 19.4 Å². The smallest absolute Gasteiger partial charge is 0.280 e. The number of amides is 1. The average Bonchev–Trinajstić information content (AvgIpc) is 2.98. The topological polar surface area (TPSA) is 41.9 Å².